The highest BCUT2D eigenvalue weighted by Crippen LogP contribution is 2.55. The zero-order chi connectivity index (χ0) is 23.0. The van der Waals surface area contributed by atoms with Gasteiger partial charge in [0.1, 0.15) is 27.9 Å². The molecule has 8 heteroatoms. The van der Waals surface area contributed by atoms with Gasteiger partial charge in [0.05, 0.1) is 14.2 Å². The summed E-state index contributed by atoms with van der Waals surface area (Å²) in [5, 5.41) is 3.03. The predicted molar refractivity (Wildman–Crippen MR) is 118 cm³/mol. The van der Waals surface area contributed by atoms with Gasteiger partial charge < -0.3 is 19.5 Å². The number of ketones is 2. The Morgan fingerprint density at radius 3 is 2.50 bits per heavy atom. The summed E-state index contributed by atoms with van der Waals surface area (Å²) in [5.41, 5.74) is -0.615. The van der Waals surface area contributed by atoms with E-state index < -0.39 is 17.4 Å². The summed E-state index contributed by atoms with van der Waals surface area (Å²) < 4.78 is 17.1. The second-order valence-corrected chi connectivity index (χ2v) is 8.52. The summed E-state index contributed by atoms with van der Waals surface area (Å²) in [6.45, 7) is 1.91. The molecule has 1 unspecified atom stereocenters. The number of amides is 1. The first-order valence-electron chi connectivity index (χ1n) is 10.4. The lowest BCUT2D eigenvalue weighted by Crippen LogP contribution is -2.59. The molecule has 1 heterocycles. The molecule has 1 saturated carbocycles. The van der Waals surface area contributed by atoms with E-state index in [-0.39, 0.29) is 53.2 Å². The number of ether oxygens (including phenoxy) is 3. The zero-order valence-corrected chi connectivity index (χ0v) is 18.8. The quantitative estimate of drug-likeness (QED) is 0.735. The summed E-state index contributed by atoms with van der Waals surface area (Å²) in [6.07, 6.45) is 0.302. The van der Waals surface area contributed by atoms with Crippen molar-refractivity contribution >= 4 is 29.1 Å². The van der Waals surface area contributed by atoms with Gasteiger partial charge in [-0.15, -0.1) is 0 Å². The smallest absolute Gasteiger partial charge is 0.251 e. The van der Waals surface area contributed by atoms with Crippen molar-refractivity contribution in [3.8, 4) is 17.2 Å². The first-order valence-corrected chi connectivity index (χ1v) is 10.7. The van der Waals surface area contributed by atoms with Crippen molar-refractivity contribution in [2.75, 3.05) is 20.8 Å². The van der Waals surface area contributed by atoms with Crippen molar-refractivity contribution in [1.82, 2.24) is 5.32 Å². The standard InChI is InChI=1S/C24H24ClNO6/c1-13-9-16(27)10-15(12-26-23(29)14-7-5-4-6-8-14)24(13)22(28)19-17(30-2)11-18(31-3)20(25)21(19)32-24/h4-8,11,13,15H,9-10,12H2,1-3H3,(H,26,29)/t13-,15?,24+/m1/s1. The van der Waals surface area contributed by atoms with Gasteiger partial charge in [0, 0.05) is 42.9 Å². The van der Waals surface area contributed by atoms with Crippen LogP contribution >= 0.6 is 11.6 Å². The number of hydrogen-bond donors (Lipinski definition) is 1. The van der Waals surface area contributed by atoms with Crippen LogP contribution in [0, 0.1) is 11.8 Å². The van der Waals surface area contributed by atoms with E-state index in [0.29, 0.717) is 17.1 Å². The molecule has 1 amide bonds. The molecule has 2 aromatic carbocycles. The molecular formula is C24H24ClNO6. The highest BCUT2D eigenvalue weighted by molar-refractivity contribution is 6.35. The number of benzene rings is 2. The van der Waals surface area contributed by atoms with E-state index in [9.17, 15) is 14.4 Å². The van der Waals surface area contributed by atoms with Crippen LogP contribution in [-0.4, -0.2) is 43.8 Å². The Morgan fingerprint density at radius 1 is 1.16 bits per heavy atom. The lowest BCUT2D eigenvalue weighted by Gasteiger charge is -2.43. The number of Topliss-reactive ketones (excluding diaryl/α,β-unsaturated/α-hetero) is 2. The van der Waals surface area contributed by atoms with Crippen LogP contribution in [0.2, 0.25) is 5.02 Å². The van der Waals surface area contributed by atoms with E-state index >= 15 is 0 Å². The molecule has 1 spiro atoms. The molecule has 1 aliphatic heterocycles. The molecule has 7 nitrogen and oxygen atoms in total. The normalized spacial score (nSPS) is 24.1. The second kappa shape index (κ2) is 8.47. The Balaban J connectivity index is 1.71. The Bertz CT molecular complexity index is 1090. The van der Waals surface area contributed by atoms with Gasteiger partial charge in [-0.2, -0.15) is 0 Å². The summed E-state index contributed by atoms with van der Waals surface area (Å²) in [5.74, 6) is -0.759. The lowest BCUT2D eigenvalue weighted by atomic mass is 9.66. The number of halogens is 1. The van der Waals surface area contributed by atoms with Crippen LogP contribution in [0.15, 0.2) is 36.4 Å². The number of nitrogens with one attached hydrogen (secondary N) is 1. The molecule has 0 radical (unpaired) electrons. The van der Waals surface area contributed by atoms with Crippen molar-refractivity contribution in [2.24, 2.45) is 11.8 Å². The minimum atomic E-state index is -1.34. The number of carbonyl (C=O) groups is 3. The maximum atomic E-state index is 13.8. The van der Waals surface area contributed by atoms with E-state index in [1.54, 1.807) is 30.3 Å². The van der Waals surface area contributed by atoms with E-state index in [2.05, 4.69) is 5.32 Å². The van der Waals surface area contributed by atoms with Gasteiger partial charge in [-0.05, 0) is 12.1 Å². The number of carbonyl (C=O) groups excluding carboxylic acids is 3. The molecule has 0 aromatic heterocycles. The molecular weight excluding hydrogens is 434 g/mol. The molecule has 0 bridgehead atoms. The van der Waals surface area contributed by atoms with Crippen molar-refractivity contribution in [3.05, 3.63) is 52.5 Å². The topological polar surface area (TPSA) is 90.9 Å². The summed E-state index contributed by atoms with van der Waals surface area (Å²) >= 11 is 6.49. The van der Waals surface area contributed by atoms with Gasteiger partial charge >= 0.3 is 0 Å². The highest BCUT2D eigenvalue weighted by Gasteiger charge is 2.61. The Labute approximate surface area is 191 Å². The van der Waals surface area contributed by atoms with Crippen LogP contribution in [0.25, 0.3) is 0 Å². The fourth-order valence-corrected chi connectivity index (χ4v) is 5.01. The monoisotopic (exact) mass is 457 g/mol. The van der Waals surface area contributed by atoms with Crippen LogP contribution in [0.1, 0.15) is 40.5 Å². The number of methoxy groups -OCH3 is 2. The number of rotatable bonds is 5. The number of hydrogen-bond acceptors (Lipinski definition) is 6. The third-order valence-electron chi connectivity index (χ3n) is 6.34. The first-order chi connectivity index (χ1) is 15.3. The summed E-state index contributed by atoms with van der Waals surface area (Å²) in [6, 6.07) is 10.3. The van der Waals surface area contributed by atoms with Crippen molar-refractivity contribution < 1.29 is 28.6 Å². The minimum absolute atomic E-state index is 0.0186. The molecule has 1 N–H and O–H groups in total. The molecule has 4 rings (SSSR count). The van der Waals surface area contributed by atoms with E-state index in [4.69, 9.17) is 25.8 Å². The molecule has 0 saturated heterocycles. The predicted octanol–water partition coefficient (Wildman–Crippen LogP) is 3.72. The molecule has 32 heavy (non-hydrogen) atoms. The molecule has 1 aliphatic carbocycles. The Morgan fingerprint density at radius 2 is 1.84 bits per heavy atom. The fraction of sp³-hybridized carbons (Fsp3) is 0.375. The van der Waals surface area contributed by atoms with Gasteiger partial charge in [-0.25, -0.2) is 0 Å². The molecule has 168 valence electrons. The highest BCUT2D eigenvalue weighted by atomic mass is 35.5. The maximum Gasteiger partial charge on any atom is 0.251 e. The third kappa shape index (κ3) is 3.41. The van der Waals surface area contributed by atoms with Gasteiger partial charge in [0.2, 0.25) is 5.78 Å². The van der Waals surface area contributed by atoms with Crippen molar-refractivity contribution in [2.45, 2.75) is 25.4 Å². The lowest BCUT2D eigenvalue weighted by molar-refractivity contribution is -0.129. The van der Waals surface area contributed by atoms with Gasteiger partial charge in [-0.1, -0.05) is 36.7 Å². The van der Waals surface area contributed by atoms with Crippen molar-refractivity contribution in [3.63, 3.8) is 0 Å². The average Bonchev–Trinajstić information content (AvgIpc) is 3.11. The van der Waals surface area contributed by atoms with Crippen LogP contribution < -0.4 is 19.5 Å². The minimum Gasteiger partial charge on any atom is -0.496 e. The number of fused-ring (bicyclic) bond motifs is 1. The second-order valence-electron chi connectivity index (χ2n) is 8.14. The summed E-state index contributed by atoms with van der Waals surface area (Å²) in [4.78, 5) is 38.9. The molecule has 3 atom stereocenters. The Hall–Kier alpha value is -3.06. The van der Waals surface area contributed by atoms with E-state index in [1.807, 2.05) is 13.0 Å². The van der Waals surface area contributed by atoms with Gasteiger partial charge in [0.25, 0.3) is 5.91 Å². The summed E-state index contributed by atoms with van der Waals surface area (Å²) in [7, 11) is 2.91. The van der Waals surface area contributed by atoms with Crippen LogP contribution in [0.4, 0.5) is 0 Å². The van der Waals surface area contributed by atoms with Crippen molar-refractivity contribution in [1.29, 1.82) is 0 Å². The first kappa shape index (κ1) is 22.1. The molecule has 1 fully saturated rings. The molecule has 2 aliphatic rings. The van der Waals surface area contributed by atoms with E-state index in [1.165, 1.54) is 14.2 Å². The van der Waals surface area contributed by atoms with Crippen LogP contribution in [0.5, 0.6) is 17.2 Å². The Kier molecular flexibility index (Phi) is 5.86. The average molecular weight is 458 g/mol. The molecule has 2 aromatic rings. The van der Waals surface area contributed by atoms with Gasteiger partial charge in [0.15, 0.2) is 11.4 Å². The SMILES string of the molecule is COc1cc(OC)c2c(c1Cl)O[C@]1(C2=O)C(CNC(=O)c2ccccc2)CC(=O)C[C@H]1C. The maximum absolute atomic E-state index is 13.8. The van der Waals surface area contributed by atoms with Gasteiger partial charge in [-0.3, -0.25) is 14.4 Å². The largest absolute Gasteiger partial charge is 0.496 e. The fourth-order valence-electron chi connectivity index (χ4n) is 4.75. The third-order valence-corrected chi connectivity index (χ3v) is 6.69. The van der Waals surface area contributed by atoms with Crippen LogP contribution in [0.3, 0.4) is 0 Å². The van der Waals surface area contributed by atoms with Crippen LogP contribution in [-0.2, 0) is 4.79 Å². The zero-order valence-electron chi connectivity index (χ0n) is 18.1. The van der Waals surface area contributed by atoms with E-state index in [0.717, 1.165) is 0 Å².